The highest BCUT2D eigenvalue weighted by molar-refractivity contribution is 5.39. The first kappa shape index (κ1) is 10.2. The highest BCUT2D eigenvalue weighted by Crippen LogP contribution is 2.37. The van der Waals surface area contributed by atoms with E-state index in [1.165, 1.54) is 43.2 Å². The largest absolute Gasteiger partial charge is 0.508 e. The van der Waals surface area contributed by atoms with Crippen LogP contribution in [-0.4, -0.2) is 17.7 Å². The second-order valence-electron chi connectivity index (χ2n) is 5.08. The SMILES string of the molecule is Oc1ccc2c(c1)C(C1CCCN1)CCC2. The van der Waals surface area contributed by atoms with E-state index in [0.717, 1.165) is 6.54 Å². The standard InChI is InChI=1S/C14H19NO/c16-11-7-6-10-3-1-4-12(13(10)9-11)14-5-2-8-15-14/h6-7,9,12,14-16H,1-5,8H2. The number of hydrogen-bond acceptors (Lipinski definition) is 2. The molecular weight excluding hydrogens is 198 g/mol. The minimum absolute atomic E-state index is 0.420. The lowest BCUT2D eigenvalue weighted by Gasteiger charge is -2.30. The lowest BCUT2D eigenvalue weighted by molar-refractivity contribution is 0.426. The van der Waals surface area contributed by atoms with Crippen LogP contribution < -0.4 is 5.32 Å². The van der Waals surface area contributed by atoms with Gasteiger partial charge in [-0.05, 0) is 67.8 Å². The third-order valence-electron chi connectivity index (χ3n) is 4.07. The highest BCUT2D eigenvalue weighted by atomic mass is 16.3. The number of hydrogen-bond donors (Lipinski definition) is 2. The van der Waals surface area contributed by atoms with Gasteiger partial charge in [0.25, 0.3) is 0 Å². The number of aromatic hydroxyl groups is 1. The van der Waals surface area contributed by atoms with Crippen LogP contribution in [0.2, 0.25) is 0 Å². The van der Waals surface area contributed by atoms with Crippen molar-refractivity contribution in [3.8, 4) is 5.75 Å². The summed E-state index contributed by atoms with van der Waals surface area (Å²) in [4.78, 5) is 0. The van der Waals surface area contributed by atoms with E-state index in [4.69, 9.17) is 0 Å². The van der Waals surface area contributed by atoms with Gasteiger partial charge >= 0.3 is 0 Å². The summed E-state index contributed by atoms with van der Waals surface area (Å²) in [5, 5.41) is 13.2. The van der Waals surface area contributed by atoms with E-state index in [0.29, 0.717) is 17.7 Å². The van der Waals surface area contributed by atoms with Crippen LogP contribution in [0.4, 0.5) is 0 Å². The van der Waals surface area contributed by atoms with Crippen LogP contribution in [0.25, 0.3) is 0 Å². The maximum atomic E-state index is 9.63. The van der Waals surface area contributed by atoms with Gasteiger partial charge in [-0.2, -0.15) is 0 Å². The Morgan fingerprint density at radius 1 is 1.19 bits per heavy atom. The summed E-state index contributed by atoms with van der Waals surface area (Å²) in [5.74, 6) is 1.04. The van der Waals surface area contributed by atoms with Crippen molar-refractivity contribution in [3.63, 3.8) is 0 Å². The highest BCUT2D eigenvalue weighted by Gasteiger charge is 2.29. The molecule has 2 unspecified atom stereocenters. The Bertz CT molecular complexity index is 382. The maximum absolute atomic E-state index is 9.63. The molecule has 16 heavy (non-hydrogen) atoms. The Balaban J connectivity index is 1.94. The average molecular weight is 217 g/mol. The molecule has 3 rings (SSSR count). The van der Waals surface area contributed by atoms with Crippen molar-refractivity contribution in [2.45, 2.75) is 44.1 Å². The molecule has 0 bridgehead atoms. The maximum Gasteiger partial charge on any atom is 0.115 e. The van der Waals surface area contributed by atoms with Gasteiger partial charge in [-0.25, -0.2) is 0 Å². The predicted molar refractivity (Wildman–Crippen MR) is 64.8 cm³/mol. The summed E-state index contributed by atoms with van der Waals surface area (Å²) in [6.07, 6.45) is 6.34. The van der Waals surface area contributed by atoms with E-state index in [-0.39, 0.29) is 0 Å². The van der Waals surface area contributed by atoms with Gasteiger partial charge in [0.2, 0.25) is 0 Å². The Morgan fingerprint density at radius 3 is 2.94 bits per heavy atom. The van der Waals surface area contributed by atoms with Gasteiger partial charge in [0.05, 0.1) is 0 Å². The summed E-state index contributed by atoms with van der Waals surface area (Å²) >= 11 is 0. The fraction of sp³-hybridized carbons (Fsp3) is 0.571. The molecule has 1 saturated heterocycles. The first-order valence-electron chi connectivity index (χ1n) is 6.40. The van der Waals surface area contributed by atoms with Crippen molar-refractivity contribution >= 4 is 0 Å². The summed E-state index contributed by atoms with van der Waals surface area (Å²) < 4.78 is 0. The molecular formula is C14H19NO. The van der Waals surface area contributed by atoms with Gasteiger partial charge in [-0.15, -0.1) is 0 Å². The third kappa shape index (κ3) is 1.71. The molecule has 1 fully saturated rings. The molecule has 1 heterocycles. The van der Waals surface area contributed by atoms with Crippen LogP contribution in [0.1, 0.15) is 42.7 Å². The van der Waals surface area contributed by atoms with Crippen molar-refractivity contribution in [2.24, 2.45) is 0 Å². The molecule has 2 aliphatic rings. The molecule has 1 aliphatic carbocycles. The fourth-order valence-electron chi connectivity index (χ4n) is 3.30. The molecule has 2 N–H and O–H groups in total. The van der Waals surface area contributed by atoms with E-state index in [1.54, 1.807) is 0 Å². The summed E-state index contributed by atoms with van der Waals surface area (Å²) in [7, 11) is 0. The van der Waals surface area contributed by atoms with E-state index < -0.39 is 0 Å². The van der Waals surface area contributed by atoms with Gasteiger partial charge in [-0.1, -0.05) is 6.07 Å². The quantitative estimate of drug-likeness (QED) is 0.757. The number of rotatable bonds is 1. The molecule has 2 nitrogen and oxygen atoms in total. The van der Waals surface area contributed by atoms with Crippen molar-refractivity contribution in [3.05, 3.63) is 29.3 Å². The lowest BCUT2D eigenvalue weighted by Crippen LogP contribution is -2.31. The van der Waals surface area contributed by atoms with E-state index in [9.17, 15) is 5.11 Å². The summed E-state index contributed by atoms with van der Waals surface area (Å²) in [6.45, 7) is 1.16. The topological polar surface area (TPSA) is 32.3 Å². The molecule has 0 spiro atoms. The normalized spacial score (nSPS) is 29.0. The zero-order valence-corrected chi connectivity index (χ0v) is 9.58. The number of nitrogens with one attached hydrogen (secondary N) is 1. The molecule has 2 heteroatoms. The molecule has 0 aromatic heterocycles. The second kappa shape index (κ2) is 4.10. The minimum atomic E-state index is 0.420. The number of aryl methyl sites for hydroxylation is 1. The van der Waals surface area contributed by atoms with Crippen LogP contribution in [0.5, 0.6) is 5.75 Å². The Hall–Kier alpha value is -1.02. The monoisotopic (exact) mass is 217 g/mol. The van der Waals surface area contributed by atoms with Crippen molar-refractivity contribution in [2.75, 3.05) is 6.54 Å². The van der Waals surface area contributed by atoms with Crippen LogP contribution >= 0.6 is 0 Å². The van der Waals surface area contributed by atoms with Crippen LogP contribution in [0.3, 0.4) is 0 Å². The second-order valence-corrected chi connectivity index (χ2v) is 5.08. The fourth-order valence-corrected chi connectivity index (χ4v) is 3.30. The zero-order valence-electron chi connectivity index (χ0n) is 9.58. The number of fused-ring (bicyclic) bond motifs is 1. The Morgan fingerprint density at radius 2 is 2.12 bits per heavy atom. The van der Waals surface area contributed by atoms with Crippen molar-refractivity contribution in [1.82, 2.24) is 5.32 Å². The lowest BCUT2D eigenvalue weighted by atomic mass is 9.78. The molecule has 2 atom stereocenters. The van der Waals surface area contributed by atoms with Gasteiger partial charge in [0.15, 0.2) is 0 Å². The van der Waals surface area contributed by atoms with Crippen molar-refractivity contribution in [1.29, 1.82) is 0 Å². The predicted octanol–water partition coefficient (Wildman–Crippen LogP) is 2.56. The Kier molecular flexibility index (Phi) is 2.60. The summed E-state index contributed by atoms with van der Waals surface area (Å²) in [6, 6.07) is 6.55. The first-order valence-corrected chi connectivity index (χ1v) is 6.40. The van der Waals surface area contributed by atoms with Crippen LogP contribution in [0, 0.1) is 0 Å². The van der Waals surface area contributed by atoms with Gasteiger partial charge in [0.1, 0.15) is 5.75 Å². The summed E-state index contributed by atoms with van der Waals surface area (Å²) in [5.41, 5.74) is 2.84. The number of phenols is 1. The molecule has 0 saturated carbocycles. The zero-order chi connectivity index (χ0) is 11.0. The first-order chi connectivity index (χ1) is 7.84. The Labute approximate surface area is 96.7 Å². The molecule has 1 aromatic rings. The van der Waals surface area contributed by atoms with Gasteiger partial charge in [-0.3, -0.25) is 0 Å². The smallest absolute Gasteiger partial charge is 0.115 e. The molecule has 86 valence electrons. The van der Waals surface area contributed by atoms with Crippen molar-refractivity contribution < 1.29 is 5.11 Å². The number of phenolic OH excluding ortho intramolecular Hbond substituents is 1. The number of benzene rings is 1. The van der Waals surface area contributed by atoms with E-state index in [1.807, 2.05) is 12.1 Å². The van der Waals surface area contributed by atoms with Gasteiger partial charge < -0.3 is 10.4 Å². The molecule has 0 amide bonds. The minimum Gasteiger partial charge on any atom is -0.508 e. The molecule has 1 aromatic carbocycles. The van der Waals surface area contributed by atoms with E-state index >= 15 is 0 Å². The van der Waals surface area contributed by atoms with Crippen LogP contribution in [-0.2, 0) is 6.42 Å². The average Bonchev–Trinajstić information content (AvgIpc) is 2.81. The molecule has 1 aliphatic heterocycles. The van der Waals surface area contributed by atoms with Gasteiger partial charge in [0, 0.05) is 6.04 Å². The van der Waals surface area contributed by atoms with Crippen LogP contribution in [0.15, 0.2) is 18.2 Å². The molecule has 0 radical (unpaired) electrons. The van der Waals surface area contributed by atoms with E-state index in [2.05, 4.69) is 11.4 Å². The third-order valence-corrected chi connectivity index (χ3v) is 4.07.